The van der Waals surface area contributed by atoms with E-state index in [2.05, 4.69) is 33.2 Å². The van der Waals surface area contributed by atoms with Crippen LogP contribution in [-0.2, 0) is 24.2 Å². The summed E-state index contributed by atoms with van der Waals surface area (Å²) in [5, 5.41) is 3.86. The first-order chi connectivity index (χ1) is 13.2. The second-order valence-electron chi connectivity index (χ2n) is 8.03. The maximum Gasteiger partial charge on any atom is 0.226 e. The summed E-state index contributed by atoms with van der Waals surface area (Å²) < 4.78 is 0. The number of amides is 1. The van der Waals surface area contributed by atoms with E-state index in [-0.39, 0.29) is 5.91 Å². The zero-order valence-electron chi connectivity index (χ0n) is 16.0. The Bertz CT molecular complexity index is 768. The van der Waals surface area contributed by atoms with Crippen LogP contribution in [0.15, 0.2) is 24.4 Å². The quantitative estimate of drug-likeness (QED) is 0.849. The van der Waals surface area contributed by atoms with Crippen LogP contribution in [-0.4, -0.2) is 33.9 Å². The monoisotopic (exact) mass is 384 g/mol. The van der Waals surface area contributed by atoms with Crippen molar-refractivity contribution in [2.24, 2.45) is 11.8 Å². The number of aromatic nitrogens is 2. The van der Waals surface area contributed by atoms with Crippen molar-refractivity contribution in [1.29, 1.82) is 0 Å². The van der Waals surface area contributed by atoms with Gasteiger partial charge in [-0.1, -0.05) is 13.0 Å². The second-order valence-corrected chi connectivity index (χ2v) is 9.11. The Hall–Kier alpha value is -1.79. The molecule has 6 heteroatoms. The molecule has 2 aromatic heterocycles. The first kappa shape index (κ1) is 18.6. The van der Waals surface area contributed by atoms with Crippen LogP contribution in [0, 0.1) is 11.8 Å². The fourth-order valence-electron chi connectivity index (χ4n) is 4.10. The normalized spacial score (nSPS) is 21.0. The fourth-order valence-corrected chi connectivity index (χ4v) is 5.28. The molecule has 3 heterocycles. The molecule has 2 aromatic rings. The molecule has 2 aliphatic rings. The van der Waals surface area contributed by atoms with Crippen molar-refractivity contribution in [2.75, 3.05) is 18.4 Å². The molecule has 0 saturated carbocycles. The Labute approximate surface area is 165 Å². The summed E-state index contributed by atoms with van der Waals surface area (Å²) in [5.41, 5.74) is 2.33. The number of nitrogens with zero attached hydrogens (tertiary/aromatic N) is 3. The number of hydrogen-bond donors (Lipinski definition) is 1. The Morgan fingerprint density at radius 2 is 2.15 bits per heavy atom. The minimum Gasteiger partial charge on any atom is -0.302 e. The number of nitrogens with one attached hydrogen (secondary N) is 1. The van der Waals surface area contributed by atoms with Crippen molar-refractivity contribution in [3.63, 3.8) is 0 Å². The average molecular weight is 385 g/mol. The van der Waals surface area contributed by atoms with Gasteiger partial charge in [0, 0.05) is 24.0 Å². The van der Waals surface area contributed by atoms with E-state index in [0.29, 0.717) is 12.3 Å². The van der Waals surface area contributed by atoms with Gasteiger partial charge < -0.3 is 5.32 Å². The molecular weight excluding hydrogens is 356 g/mol. The van der Waals surface area contributed by atoms with Crippen molar-refractivity contribution < 1.29 is 4.79 Å². The number of likely N-dealkylation sites (tertiary alicyclic amines) is 1. The predicted octanol–water partition coefficient (Wildman–Crippen LogP) is 3.90. The topological polar surface area (TPSA) is 58.1 Å². The molecule has 1 fully saturated rings. The van der Waals surface area contributed by atoms with Crippen molar-refractivity contribution >= 4 is 22.4 Å². The van der Waals surface area contributed by atoms with E-state index in [9.17, 15) is 4.79 Å². The molecule has 5 nitrogen and oxygen atoms in total. The molecule has 1 aliphatic heterocycles. The van der Waals surface area contributed by atoms with Gasteiger partial charge in [-0.25, -0.2) is 4.98 Å². The lowest BCUT2D eigenvalue weighted by Gasteiger charge is -2.31. The number of anilines is 1. The number of aryl methyl sites for hydroxylation is 1. The van der Waals surface area contributed by atoms with Gasteiger partial charge in [0.25, 0.3) is 0 Å². The number of hydrogen-bond acceptors (Lipinski definition) is 5. The zero-order valence-corrected chi connectivity index (χ0v) is 16.8. The summed E-state index contributed by atoms with van der Waals surface area (Å²) in [6.07, 6.45) is 7.98. The lowest BCUT2D eigenvalue weighted by Crippen LogP contribution is -2.34. The van der Waals surface area contributed by atoms with Gasteiger partial charge in [-0.3, -0.25) is 14.7 Å². The van der Waals surface area contributed by atoms with Crippen LogP contribution in [0.2, 0.25) is 0 Å². The highest BCUT2D eigenvalue weighted by Crippen LogP contribution is 2.32. The molecule has 1 amide bonds. The van der Waals surface area contributed by atoms with Crippen LogP contribution in [0.3, 0.4) is 0 Å². The maximum atomic E-state index is 12.5. The van der Waals surface area contributed by atoms with E-state index in [1.807, 2.05) is 18.3 Å². The zero-order chi connectivity index (χ0) is 18.6. The van der Waals surface area contributed by atoms with Crippen molar-refractivity contribution in [2.45, 2.75) is 52.0 Å². The van der Waals surface area contributed by atoms with Crippen molar-refractivity contribution in [3.05, 3.63) is 40.7 Å². The summed E-state index contributed by atoms with van der Waals surface area (Å²) >= 11 is 1.67. The first-order valence-electron chi connectivity index (χ1n) is 10.1. The lowest BCUT2D eigenvalue weighted by molar-refractivity contribution is -0.117. The molecule has 0 spiro atoms. The van der Waals surface area contributed by atoms with E-state index in [1.54, 1.807) is 11.3 Å². The summed E-state index contributed by atoms with van der Waals surface area (Å²) in [7, 11) is 0. The molecule has 0 radical (unpaired) electrons. The van der Waals surface area contributed by atoms with Crippen LogP contribution in [0.5, 0.6) is 0 Å². The molecule has 1 aliphatic carbocycles. The number of carbonyl (C=O) groups is 1. The number of piperidine rings is 1. The number of rotatable bonds is 5. The van der Waals surface area contributed by atoms with E-state index < -0.39 is 0 Å². The van der Waals surface area contributed by atoms with Gasteiger partial charge in [-0.2, -0.15) is 0 Å². The van der Waals surface area contributed by atoms with E-state index in [1.165, 1.54) is 17.0 Å². The average Bonchev–Trinajstić information content (AvgIpc) is 3.05. The Morgan fingerprint density at radius 3 is 2.93 bits per heavy atom. The third kappa shape index (κ3) is 4.93. The maximum absolute atomic E-state index is 12.5. The number of fused-ring (bicyclic) bond motifs is 1. The molecule has 0 aromatic carbocycles. The van der Waals surface area contributed by atoms with Gasteiger partial charge in [0.05, 0.1) is 11.4 Å². The SMILES string of the molecule is C[C@H]1CCc2nc(NC(=O)CC3CCN(Cc4ccccn4)CC3)sc2C1. The third-order valence-corrected chi connectivity index (χ3v) is 6.76. The highest BCUT2D eigenvalue weighted by atomic mass is 32.1. The van der Waals surface area contributed by atoms with Gasteiger partial charge >= 0.3 is 0 Å². The Balaban J connectivity index is 1.23. The summed E-state index contributed by atoms with van der Waals surface area (Å²) in [5.74, 6) is 1.33. The van der Waals surface area contributed by atoms with Crippen LogP contribution < -0.4 is 5.32 Å². The highest BCUT2D eigenvalue weighted by Gasteiger charge is 2.24. The molecule has 144 valence electrons. The van der Waals surface area contributed by atoms with Crippen molar-refractivity contribution in [1.82, 2.24) is 14.9 Å². The minimum atomic E-state index is 0.123. The Morgan fingerprint density at radius 1 is 1.30 bits per heavy atom. The van der Waals surface area contributed by atoms with Crippen LogP contribution in [0.4, 0.5) is 5.13 Å². The second kappa shape index (κ2) is 8.48. The molecule has 1 atom stereocenters. The molecule has 0 bridgehead atoms. The third-order valence-electron chi connectivity index (χ3n) is 5.73. The first-order valence-corrected chi connectivity index (χ1v) is 10.9. The van der Waals surface area contributed by atoms with Gasteiger partial charge in [0.2, 0.25) is 5.91 Å². The molecule has 27 heavy (non-hydrogen) atoms. The standard InChI is InChI=1S/C21H28N4OS/c1-15-5-6-18-19(12-15)27-21(23-18)24-20(26)13-16-7-10-25(11-8-16)14-17-4-2-3-9-22-17/h2-4,9,15-16H,5-8,10-14H2,1H3,(H,23,24,26)/t15-/m0/s1. The predicted molar refractivity (Wildman–Crippen MR) is 109 cm³/mol. The molecular formula is C21H28N4OS. The molecule has 0 unspecified atom stereocenters. The van der Waals surface area contributed by atoms with Crippen molar-refractivity contribution in [3.8, 4) is 0 Å². The van der Waals surface area contributed by atoms with Gasteiger partial charge in [0.15, 0.2) is 5.13 Å². The number of thiazole rings is 1. The summed E-state index contributed by atoms with van der Waals surface area (Å²) in [4.78, 5) is 25.3. The molecule has 1 N–H and O–H groups in total. The Kier molecular flexibility index (Phi) is 5.83. The van der Waals surface area contributed by atoms with Gasteiger partial charge in [-0.05, 0) is 69.2 Å². The molecule has 1 saturated heterocycles. The lowest BCUT2D eigenvalue weighted by atomic mass is 9.93. The smallest absolute Gasteiger partial charge is 0.226 e. The minimum absolute atomic E-state index is 0.123. The van der Waals surface area contributed by atoms with Crippen LogP contribution >= 0.6 is 11.3 Å². The van der Waals surface area contributed by atoms with Crippen LogP contribution in [0.25, 0.3) is 0 Å². The van der Waals surface area contributed by atoms with Gasteiger partial charge in [-0.15, -0.1) is 11.3 Å². The summed E-state index contributed by atoms with van der Waals surface area (Å²) in [6.45, 7) is 5.28. The van der Waals surface area contributed by atoms with Crippen LogP contribution in [0.1, 0.15) is 48.9 Å². The van der Waals surface area contributed by atoms with E-state index >= 15 is 0 Å². The largest absolute Gasteiger partial charge is 0.302 e. The number of pyridine rings is 1. The summed E-state index contributed by atoms with van der Waals surface area (Å²) in [6, 6.07) is 6.07. The number of carbonyl (C=O) groups excluding carboxylic acids is 1. The fraction of sp³-hybridized carbons (Fsp3) is 0.571. The molecule has 4 rings (SSSR count). The van der Waals surface area contributed by atoms with Gasteiger partial charge in [0.1, 0.15) is 0 Å². The van der Waals surface area contributed by atoms with E-state index in [0.717, 1.165) is 62.1 Å². The highest BCUT2D eigenvalue weighted by molar-refractivity contribution is 7.15. The van der Waals surface area contributed by atoms with E-state index in [4.69, 9.17) is 0 Å².